The van der Waals surface area contributed by atoms with Crippen LogP contribution in [-0.4, -0.2) is 34.2 Å². The molecule has 2 rings (SSSR count). The fraction of sp³-hybridized carbons (Fsp3) is 0.462. The van der Waals surface area contributed by atoms with Crippen LogP contribution in [0.25, 0.3) is 0 Å². The van der Waals surface area contributed by atoms with E-state index in [-0.39, 0.29) is 18.1 Å². The Labute approximate surface area is 105 Å². The van der Waals surface area contributed by atoms with Crippen molar-refractivity contribution in [1.82, 2.24) is 4.90 Å². The van der Waals surface area contributed by atoms with Gasteiger partial charge >= 0.3 is 5.97 Å². The summed E-state index contributed by atoms with van der Waals surface area (Å²) in [6.45, 7) is 2.16. The Morgan fingerprint density at radius 3 is 2.94 bits per heavy atom. The highest BCUT2D eigenvalue weighted by atomic mass is 19.1. The van der Waals surface area contributed by atoms with Crippen LogP contribution in [0, 0.1) is 11.7 Å². The molecule has 1 fully saturated rings. The first-order chi connectivity index (χ1) is 8.54. The van der Waals surface area contributed by atoms with Gasteiger partial charge in [0.15, 0.2) is 11.6 Å². The molecule has 0 aromatic heterocycles. The highest BCUT2D eigenvalue weighted by Crippen LogP contribution is 2.23. The lowest BCUT2D eigenvalue weighted by molar-refractivity contribution is -0.138. The maximum Gasteiger partial charge on any atom is 0.303 e. The number of hydrogen-bond donors (Lipinski definition) is 2. The maximum absolute atomic E-state index is 13.2. The molecule has 4 nitrogen and oxygen atoms in total. The Morgan fingerprint density at radius 2 is 2.28 bits per heavy atom. The van der Waals surface area contributed by atoms with Gasteiger partial charge in [0.1, 0.15) is 0 Å². The molecular formula is C13H16FNO3. The van der Waals surface area contributed by atoms with E-state index in [9.17, 15) is 9.18 Å². The Hall–Kier alpha value is -1.62. The standard InChI is InChI=1S/C13H16FNO3/c14-11-5-9(1-2-12(11)16)7-15-4-3-10(8-15)6-13(17)18/h1-2,5,10,16H,3-4,6-8H2,(H,17,18). The van der Waals surface area contributed by atoms with Gasteiger partial charge in [0.25, 0.3) is 0 Å². The first-order valence-corrected chi connectivity index (χ1v) is 5.96. The lowest BCUT2D eigenvalue weighted by Crippen LogP contribution is -2.20. The summed E-state index contributed by atoms with van der Waals surface area (Å²) in [5.74, 6) is -1.54. The molecule has 1 aliphatic heterocycles. The number of rotatable bonds is 4. The molecule has 0 saturated carbocycles. The average Bonchev–Trinajstić information content (AvgIpc) is 2.70. The minimum Gasteiger partial charge on any atom is -0.505 e. The Bertz CT molecular complexity index is 450. The number of benzene rings is 1. The average molecular weight is 253 g/mol. The smallest absolute Gasteiger partial charge is 0.303 e. The van der Waals surface area contributed by atoms with Crippen molar-refractivity contribution in [2.24, 2.45) is 5.92 Å². The van der Waals surface area contributed by atoms with Gasteiger partial charge in [-0.05, 0) is 36.6 Å². The lowest BCUT2D eigenvalue weighted by atomic mass is 10.1. The second kappa shape index (κ2) is 5.35. The number of carboxylic acid groups (broad SMARTS) is 1. The van der Waals surface area contributed by atoms with Gasteiger partial charge in [-0.25, -0.2) is 4.39 Å². The molecule has 98 valence electrons. The number of carboxylic acids is 1. The molecule has 0 bridgehead atoms. The maximum atomic E-state index is 13.2. The summed E-state index contributed by atoms with van der Waals surface area (Å²) in [6.07, 6.45) is 1.06. The highest BCUT2D eigenvalue weighted by Gasteiger charge is 2.24. The minimum absolute atomic E-state index is 0.185. The van der Waals surface area contributed by atoms with Crippen molar-refractivity contribution in [3.63, 3.8) is 0 Å². The molecule has 1 atom stereocenters. The number of phenolic OH excluding ortho intramolecular Hbond substituents is 1. The van der Waals surface area contributed by atoms with Crippen molar-refractivity contribution in [3.8, 4) is 5.75 Å². The summed E-state index contributed by atoms with van der Waals surface area (Å²) < 4.78 is 13.2. The summed E-state index contributed by atoms with van der Waals surface area (Å²) in [5, 5.41) is 17.8. The Morgan fingerprint density at radius 1 is 1.50 bits per heavy atom. The normalized spacial score (nSPS) is 20.2. The zero-order valence-electron chi connectivity index (χ0n) is 9.97. The number of nitrogens with zero attached hydrogens (tertiary/aromatic N) is 1. The van der Waals surface area contributed by atoms with Gasteiger partial charge in [0.05, 0.1) is 0 Å². The Balaban J connectivity index is 1.91. The summed E-state index contributed by atoms with van der Waals surface area (Å²) >= 11 is 0. The van der Waals surface area contributed by atoms with Gasteiger partial charge in [-0.1, -0.05) is 6.07 Å². The zero-order chi connectivity index (χ0) is 13.1. The van der Waals surface area contributed by atoms with Crippen LogP contribution >= 0.6 is 0 Å². The van der Waals surface area contributed by atoms with Gasteiger partial charge < -0.3 is 10.2 Å². The molecule has 1 saturated heterocycles. The number of hydrogen-bond acceptors (Lipinski definition) is 3. The van der Waals surface area contributed by atoms with Crippen molar-refractivity contribution in [2.45, 2.75) is 19.4 Å². The Kier molecular flexibility index (Phi) is 3.81. The topological polar surface area (TPSA) is 60.8 Å². The molecule has 1 aromatic rings. The molecule has 1 unspecified atom stereocenters. The molecule has 1 heterocycles. The fourth-order valence-corrected chi connectivity index (χ4v) is 2.38. The van der Waals surface area contributed by atoms with Crippen LogP contribution < -0.4 is 0 Å². The van der Waals surface area contributed by atoms with Crippen molar-refractivity contribution in [2.75, 3.05) is 13.1 Å². The van der Waals surface area contributed by atoms with E-state index in [1.54, 1.807) is 6.07 Å². The lowest BCUT2D eigenvalue weighted by Gasteiger charge is -2.15. The van der Waals surface area contributed by atoms with E-state index in [2.05, 4.69) is 4.90 Å². The molecule has 0 aliphatic carbocycles. The van der Waals surface area contributed by atoms with E-state index < -0.39 is 11.8 Å². The molecule has 2 N–H and O–H groups in total. The van der Waals surface area contributed by atoms with E-state index in [1.165, 1.54) is 12.1 Å². The first-order valence-electron chi connectivity index (χ1n) is 5.96. The third-order valence-corrected chi connectivity index (χ3v) is 3.25. The summed E-state index contributed by atoms with van der Waals surface area (Å²) in [6, 6.07) is 4.35. The largest absolute Gasteiger partial charge is 0.505 e. The highest BCUT2D eigenvalue weighted by molar-refractivity contribution is 5.67. The summed E-state index contributed by atoms with van der Waals surface area (Å²) in [5.41, 5.74) is 0.793. The van der Waals surface area contributed by atoms with E-state index >= 15 is 0 Å². The van der Waals surface area contributed by atoms with Crippen LogP contribution in [0.2, 0.25) is 0 Å². The van der Waals surface area contributed by atoms with Crippen LogP contribution in [0.15, 0.2) is 18.2 Å². The number of likely N-dealkylation sites (tertiary alicyclic amines) is 1. The van der Waals surface area contributed by atoms with E-state index in [4.69, 9.17) is 10.2 Å². The quantitative estimate of drug-likeness (QED) is 0.859. The predicted octanol–water partition coefficient (Wildman–Crippen LogP) is 1.83. The minimum atomic E-state index is -0.766. The molecule has 0 radical (unpaired) electrons. The van der Waals surface area contributed by atoms with Gasteiger partial charge in [0, 0.05) is 19.5 Å². The second-order valence-electron chi connectivity index (χ2n) is 4.77. The number of carbonyl (C=O) groups is 1. The van der Waals surface area contributed by atoms with Crippen LogP contribution in [0.3, 0.4) is 0 Å². The van der Waals surface area contributed by atoms with Gasteiger partial charge in [-0.15, -0.1) is 0 Å². The van der Waals surface area contributed by atoms with Crippen LogP contribution in [0.4, 0.5) is 4.39 Å². The molecule has 1 aliphatic rings. The fourth-order valence-electron chi connectivity index (χ4n) is 2.38. The van der Waals surface area contributed by atoms with E-state index in [1.807, 2.05) is 0 Å². The zero-order valence-corrected chi connectivity index (χ0v) is 9.97. The van der Waals surface area contributed by atoms with Crippen LogP contribution in [0.5, 0.6) is 5.75 Å². The van der Waals surface area contributed by atoms with Crippen molar-refractivity contribution in [1.29, 1.82) is 0 Å². The second-order valence-corrected chi connectivity index (χ2v) is 4.77. The molecule has 5 heteroatoms. The van der Waals surface area contributed by atoms with E-state index in [0.717, 1.165) is 25.1 Å². The third kappa shape index (κ3) is 3.20. The monoisotopic (exact) mass is 253 g/mol. The number of aliphatic carboxylic acids is 1. The van der Waals surface area contributed by atoms with E-state index in [0.29, 0.717) is 6.54 Å². The molecular weight excluding hydrogens is 237 g/mol. The molecule has 0 spiro atoms. The van der Waals surface area contributed by atoms with Gasteiger partial charge in [-0.3, -0.25) is 9.69 Å². The van der Waals surface area contributed by atoms with Crippen LogP contribution in [0.1, 0.15) is 18.4 Å². The predicted molar refractivity (Wildman–Crippen MR) is 63.7 cm³/mol. The molecule has 0 amide bonds. The number of aromatic hydroxyl groups is 1. The summed E-state index contributed by atoms with van der Waals surface area (Å²) in [4.78, 5) is 12.7. The molecule has 1 aromatic carbocycles. The number of phenols is 1. The van der Waals surface area contributed by atoms with Crippen molar-refractivity contribution < 1.29 is 19.4 Å². The number of halogens is 1. The summed E-state index contributed by atoms with van der Waals surface area (Å²) in [7, 11) is 0. The molecule has 18 heavy (non-hydrogen) atoms. The van der Waals surface area contributed by atoms with Crippen molar-refractivity contribution in [3.05, 3.63) is 29.6 Å². The van der Waals surface area contributed by atoms with Gasteiger partial charge in [0.2, 0.25) is 0 Å². The van der Waals surface area contributed by atoms with Crippen molar-refractivity contribution >= 4 is 5.97 Å². The first kappa shape index (κ1) is 12.8. The SMILES string of the molecule is O=C(O)CC1CCN(Cc2ccc(O)c(F)c2)C1. The van der Waals surface area contributed by atoms with Crippen LogP contribution in [-0.2, 0) is 11.3 Å². The third-order valence-electron chi connectivity index (χ3n) is 3.25. The van der Waals surface area contributed by atoms with Gasteiger partial charge in [-0.2, -0.15) is 0 Å².